The van der Waals surface area contributed by atoms with Crippen LogP contribution in [0.2, 0.25) is 0 Å². The Balaban J connectivity index is 1.57. The van der Waals surface area contributed by atoms with Crippen LogP contribution < -0.4 is 4.74 Å². The molecule has 1 N–H and O–H groups in total. The predicted octanol–water partition coefficient (Wildman–Crippen LogP) is 3.95. The van der Waals surface area contributed by atoms with Crippen molar-refractivity contribution in [3.8, 4) is 5.75 Å². The van der Waals surface area contributed by atoms with Crippen LogP contribution in [0.4, 0.5) is 4.79 Å². The number of aromatic amines is 1. The summed E-state index contributed by atoms with van der Waals surface area (Å²) in [7, 11) is 0. The third-order valence-electron chi connectivity index (χ3n) is 3.94. The van der Waals surface area contributed by atoms with Crippen molar-refractivity contribution in [2.75, 3.05) is 13.1 Å². The Labute approximate surface area is 136 Å². The van der Waals surface area contributed by atoms with E-state index in [4.69, 9.17) is 9.47 Å². The Morgan fingerprint density at radius 2 is 1.96 bits per heavy atom. The summed E-state index contributed by atoms with van der Waals surface area (Å²) in [6, 6.07) is 8.05. The highest BCUT2D eigenvalue weighted by molar-refractivity contribution is 5.85. The molecule has 0 spiro atoms. The molecule has 0 bridgehead atoms. The second kappa shape index (κ2) is 6.14. The third-order valence-corrected chi connectivity index (χ3v) is 3.94. The number of nitrogens with one attached hydrogen (secondary N) is 1. The number of amides is 1. The standard InChI is InChI=1S/C18H24N2O3/c1-18(2,3)23-17(21)20-11-8-13(9-12-20)22-16-6-4-5-15-14(16)7-10-19-15/h4-7,10,13,19H,8-9,11-12H2,1-3H3. The molecule has 124 valence electrons. The van der Waals surface area contributed by atoms with Gasteiger partial charge in [-0.15, -0.1) is 0 Å². The van der Waals surface area contributed by atoms with Gasteiger partial charge in [0.25, 0.3) is 0 Å². The molecule has 5 nitrogen and oxygen atoms in total. The molecule has 1 aliphatic heterocycles. The van der Waals surface area contributed by atoms with Crippen LogP contribution in [0.1, 0.15) is 33.6 Å². The number of rotatable bonds is 2. The van der Waals surface area contributed by atoms with Crippen LogP contribution in [0.3, 0.4) is 0 Å². The van der Waals surface area contributed by atoms with Gasteiger partial charge in [0, 0.05) is 43.0 Å². The molecule has 1 aromatic carbocycles. The summed E-state index contributed by atoms with van der Waals surface area (Å²) in [6.45, 7) is 7.00. The van der Waals surface area contributed by atoms with Crippen molar-refractivity contribution in [1.29, 1.82) is 0 Å². The first-order chi connectivity index (χ1) is 10.9. The molecule has 23 heavy (non-hydrogen) atoms. The zero-order valence-corrected chi connectivity index (χ0v) is 14.0. The molecule has 0 atom stereocenters. The van der Waals surface area contributed by atoms with E-state index in [9.17, 15) is 4.79 Å². The van der Waals surface area contributed by atoms with Gasteiger partial charge in [-0.25, -0.2) is 4.79 Å². The number of hydrogen-bond acceptors (Lipinski definition) is 3. The van der Waals surface area contributed by atoms with Crippen LogP contribution in [0, 0.1) is 0 Å². The van der Waals surface area contributed by atoms with Crippen LogP contribution in [-0.4, -0.2) is 40.8 Å². The first kappa shape index (κ1) is 15.7. The smallest absolute Gasteiger partial charge is 0.410 e. The summed E-state index contributed by atoms with van der Waals surface area (Å²) in [6.07, 6.45) is 3.46. The summed E-state index contributed by atoms with van der Waals surface area (Å²) in [5.41, 5.74) is 0.627. The number of fused-ring (bicyclic) bond motifs is 1. The lowest BCUT2D eigenvalue weighted by Gasteiger charge is -2.33. The molecule has 2 heterocycles. The number of nitrogens with zero attached hydrogens (tertiary/aromatic N) is 1. The number of aromatic nitrogens is 1. The number of piperidine rings is 1. The normalized spacial score (nSPS) is 16.6. The van der Waals surface area contributed by atoms with Crippen LogP contribution in [0.25, 0.3) is 10.9 Å². The Morgan fingerprint density at radius 1 is 1.22 bits per heavy atom. The zero-order valence-electron chi connectivity index (χ0n) is 14.0. The lowest BCUT2D eigenvalue weighted by molar-refractivity contribution is 0.0128. The Kier molecular flexibility index (Phi) is 4.20. The van der Waals surface area contributed by atoms with Crippen molar-refractivity contribution >= 4 is 17.0 Å². The van der Waals surface area contributed by atoms with Gasteiger partial charge < -0.3 is 19.4 Å². The number of likely N-dealkylation sites (tertiary alicyclic amines) is 1. The average molecular weight is 316 g/mol. The number of H-pyrrole nitrogens is 1. The summed E-state index contributed by atoms with van der Waals surface area (Å²) in [5.74, 6) is 0.902. The van der Waals surface area contributed by atoms with E-state index >= 15 is 0 Å². The van der Waals surface area contributed by atoms with E-state index in [2.05, 4.69) is 4.98 Å². The van der Waals surface area contributed by atoms with Crippen molar-refractivity contribution in [3.63, 3.8) is 0 Å². The first-order valence-electron chi connectivity index (χ1n) is 8.13. The minimum absolute atomic E-state index is 0.134. The minimum Gasteiger partial charge on any atom is -0.490 e. The quantitative estimate of drug-likeness (QED) is 0.913. The SMILES string of the molecule is CC(C)(C)OC(=O)N1CCC(Oc2cccc3[nH]ccc23)CC1. The van der Waals surface area contributed by atoms with E-state index in [1.54, 1.807) is 4.90 Å². The number of hydrogen-bond donors (Lipinski definition) is 1. The highest BCUT2D eigenvalue weighted by atomic mass is 16.6. The maximum Gasteiger partial charge on any atom is 0.410 e. The molecule has 1 saturated heterocycles. The van der Waals surface area contributed by atoms with E-state index in [0.717, 1.165) is 29.5 Å². The monoisotopic (exact) mass is 316 g/mol. The van der Waals surface area contributed by atoms with E-state index < -0.39 is 5.60 Å². The van der Waals surface area contributed by atoms with Crippen molar-refractivity contribution < 1.29 is 14.3 Å². The number of carbonyl (C=O) groups is 1. The van der Waals surface area contributed by atoms with Crippen LogP contribution in [0.15, 0.2) is 30.5 Å². The summed E-state index contributed by atoms with van der Waals surface area (Å²) >= 11 is 0. The van der Waals surface area contributed by atoms with Crippen molar-refractivity contribution in [3.05, 3.63) is 30.5 Å². The second-order valence-electron chi connectivity index (χ2n) is 6.98. The van der Waals surface area contributed by atoms with Crippen molar-refractivity contribution in [2.45, 2.75) is 45.3 Å². The van der Waals surface area contributed by atoms with Gasteiger partial charge in [-0.3, -0.25) is 0 Å². The van der Waals surface area contributed by atoms with E-state index in [-0.39, 0.29) is 12.2 Å². The van der Waals surface area contributed by atoms with Crippen LogP contribution >= 0.6 is 0 Å². The Morgan fingerprint density at radius 3 is 2.65 bits per heavy atom. The van der Waals surface area contributed by atoms with Crippen LogP contribution in [-0.2, 0) is 4.74 Å². The molecule has 0 unspecified atom stereocenters. The van der Waals surface area contributed by atoms with Gasteiger partial charge in [-0.2, -0.15) is 0 Å². The molecule has 1 aliphatic rings. The topological polar surface area (TPSA) is 54.6 Å². The maximum absolute atomic E-state index is 12.1. The maximum atomic E-state index is 12.1. The van der Waals surface area contributed by atoms with Gasteiger partial charge in [-0.1, -0.05) is 6.07 Å². The van der Waals surface area contributed by atoms with Gasteiger partial charge in [0.05, 0.1) is 0 Å². The van der Waals surface area contributed by atoms with E-state index in [1.807, 2.05) is 51.2 Å². The molecule has 5 heteroatoms. The summed E-state index contributed by atoms with van der Waals surface area (Å²) in [5, 5.41) is 1.10. The highest BCUT2D eigenvalue weighted by Gasteiger charge is 2.27. The highest BCUT2D eigenvalue weighted by Crippen LogP contribution is 2.27. The fourth-order valence-electron chi connectivity index (χ4n) is 2.82. The minimum atomic E-state index is -0.450. The lowest BCUT2D eigenvalue weighted by Crippen LogP contribution is -2.44. The molecule has 0 radical (unpaired) electrons. The lowest BCUT2D eigenvalue weighted by atomic mass is 10.1. The number of carbonyl (C=O) groups excluding carboxylic acids is 1. The van der Waals surface area contributed by atoms with Crippen molar-refractivity contribution in [1.82, 2.24) is 9.88 Å². The molecule has 0 aliphatic carbocycles. The average Bonchev–Trinajstić information content (AvgIpc) is 2.96. The summed E-state index contributed by atoms with van der Waals surface area (Å²) < 4.78 is 11.6. The molecule has 2 aromatic rings. The number of benzene rings is 1. The van der Waals surface area contributed by atoms with Crippen LogP contribution in [0.5, 0.6) is 5.75 Å². The molecule has 3 rings (SSSR count). The van der Waals surface area contributed by atoms with Gasteiger partial charge in [0.1, 0.15) is 17.5 Å². The first-order valence-corrected chi connectivity index (χ1v) is 8.13. The fourth-order valence-corrected chi connectivity index (χ4v) is 2.82. The largest absolute Gasteiger partial charge is 0.490 e. The fraction of sp³-hybridized carbons (Fsp3) is 0.500. The van der Waals surface area contributed by atoms with Gasteiger partial charge >= 0.3 is 6.09 Å². The molecule has 1 fully saturated rings. The molecule has 0 saturated carbocycles. The van der Waals surface area contributed by atoms with Crippen molar-refractivity contribution in [2.24, 2.45) is 0 Å². The molecular formula is C18H24N2O3. The molecule has 1 amide bonds. The van der Waals surface area contributed by atoms with Gasteiger partial charge in [0.2, 0.25) is 0 Å². The van der Waals surface area contributed by atoms with E-state index in [0.29, 0.717) is 13.1 Å². The number of ether oxygens (including phenoxy) is 2. The van der Waals surface area contributed by atoms with Gasteiger partial charge in [-0.05, 0) is 39.0 Å². The predicted molar refractivity (Wildman–Crippen MR) is 89.8 cm³/mol. The second-order valence-corrected chi connectivity index (χ2v) is 6.98. The molecular weight excluding hydrogens is 292 g/mol. The molecule has 1 aromatic heterocycles. The summed E-state index contributed by atoms with van der Waals surface area (Å²) in [4.78, 5) is 17.0. The Bertz CT molecular complexity index is 679. The third kappa shape index (κ3) is 3.78. The van der Waals surface area contributed by atoms with E-state index in [1.165, 1.54) is 0 Å². The zero-order chi connectivity index (χ0) is 16.4. The Hall–Kier alpha value is -2.17. The van der Waals surface area contributed by atoms with Gasteiger partial charge in [0.15, 0.2) is 0 Å².